The Morgan fingerprint density at radius 2 is 1.75 bits per heavy atom. The third-order valence-electron chi connectivity index (χ3n) is 2.61. The first-order valence-corrected chi connectivity index (χ1v) is 7.83. The fourth-order valence-electron chi connectivity index (χ4n) is 1.60. The average molecular weight is 334 g/mol. The monoisotopic (exact) mass is 333 g/mol. The Morgan fingerprint density at radius 3 is 2.45 bits per heavy atom. The maximum Gasteiger partial charge on any atom is 0.243 e. The molecule has 0 heterocycles. The highest BCUT2D eigenvalue weighted by Crippen LogP contribution is 2.25. The van der Waals surface area contributed by atoms with E-state index >= 15 is 0 Å². The molecule has 0 amide bonds. The first kappa shape index (κ1) is 15.3. The van der Waals surface area contributed by atoms with Gasteiger partial charge in [-0.05, 0) is 23.8 Å². The van der Waals surface area contributed by atoms with Gasteiger partial charge in [0.1, 0.15) is 10.7 Å². The standard InChI is InChI=1S/C13H10Cl2FNO2S/c14-10-5-3-4-9(13(10)15)8-17-20(18,19)12-7-2-1-6-11(12)16/h1-7,17H,8H2. The zero-order valence-corrected chi connectivity index (χ0v) is 12.4. The molecule has 0 saturated carbocycles. The molecule has 0 fully saturated rings. The maximum atomic E-state index is 13.5. The van der Waals surface area contributed by atoms with Crippen LogP contribution < -0.4 is 4.72 Å². The number of benzene rings is 2. The van der Waals surface area contributed by atoms with Crippen LogP contribution in [0.25, 0.3) is 0 Å². The zero-order chi connectivity index (χ0) is 14.8. The number of halogens is 3. The van der Waals surface area contributed by atoms with Crippen LogP contribution in [0.4, 0.5) is 4.39 Å². The lowest BCUT2D eigenvalue weighted by atomic mass is 10.2. The van der Waals surface area contributed by atoms with Crippen LogP contribution in [0.2, 0.25) is 10.0 Å². The van der Waals surface area contributed by atoms with E-state index in [1.807, 2.05) is 0 Å². The Hall–Kier alpha value is -1.14. The van der Waals surface area contributed by atoms with Gasteiger partial charge in [-0.3, -0.25) is 0 Å². The molecule has 1 N–H and O–H groups in total. The Labute approximate surface area is 126 Å². The van der Waals surface area contributed by atoms with E-state index in [9.17, 15) is 12.8 Å². The molecule has 0 atom stereocenters. The van der Waals surface area contributed by atoms with Crippen molar-refractivity contribution in [2.45, 2.75) is 11.4 Å². The maximum absolute atomic E-state index is 13.5. The summed E-state index contributed by atoms with van der Waals surface area (Å²) in [5.74, 6) is -0.808. The van der Waals surface area contributed by atoms with E-state index in [2.05, 4.69) is 4.72 Å². The SMILES string of the molecule is O=S(=O)(NCc1cccc(Cl)c1Cl)c1ccccc1F. The van der Waals surface area contributed by atoms with Crippen molar-refractivity contribution in [3.63, 3.8) is 0 Å². The second-order valence-electron chi connectivity index (χ2n) is 3.97. The van der Waals surface area contributed by atoms with Crippen molar-refractivity contribution in [2.24, 2.45) is 0 Å². The molecule has 2 aromatic rings. The Bertz CT molecular complexity index is 735. The summed E-state index contributed by atoms with van der Waals surface area (Å²) >= 11 is 11.8. The Morgan fingerprint density at radius 1 is 1.05 bits per heavy atom. The molecule has 0 radical (unpaired) electrons. The van der Waals surface area contributed by atoms with E-state index in [0.29, 0.717) is 10.6 Å². The quantitative estimate of drug-likeness (QED) is 0.928. The van der Waals surface area contributed by atoms with Gasteiger partial charge in [-0.25, -0.2) is 17.5 Å². The molecule has 0 aliphatic heterocycles. The second kappa shape index (κ2) is 6.10. The fraction of sp³-hybridized carbons (Fsp3) is 0.0769. The summed E-state index contributed by atoms with van der Waals surface area (Å²) < 4.78 is 39.8. The fourth-order valence-corrected chi connectivity index (χ4v) is 3.07. The molecule has 7 heteroatoms. The minimum Gasteiger partial charge on any atom is -0.207 e. The number of rotatable bonds is 4. The number of hydrogen-bond acceptors (Lipinski definition) is 2. The normalized spacial score (nSPS) is 11.6. The van der Waals surface area contributed by atoms with Crippen LogP contribution >= 0.6 is 23.2 Å². The highest BCUT2D eigenvalue weighted by atomic mass is 35.5. The topological polar surface area (TPSA) is 46.2 Å². The highest BCUT2D eigenvalue weighted by Gasteiger charge is 2.18. The lowest BCUT2D eigenvalue weighted by molar-refractivity contribution is 0.557. The van der Waals surface area contributed by atoms with Crippen molar-refractivity contribution in [1.29, 1.82) is 0 Å². The van der Waals surface area contributed by atoms with Crippen molar-refractivity contribution in [3.05, 3.63) is 63.9 Å². The molecular weight excluding hydrogens is 324 g/mol. The van der Waals surface area contributed by atoms with Gasteiger partial charge >= 0.3 is 0 Å². The van der Waals surface area contributed by atoms with Gasteiger partial charge in [0, 0.05) is 6.54 Å². The van der Waals surface area contributed by atoms with Gasteiger partial charge in [0.15, 0.2) is 0 Å². The minimum atomic E-state index is -3.95. The summed E-state index contributed by atoms with van der Waals surface area (Å²) in [6, 6.07) is 10.0. The van der Waals surface area contributed by atoms with Crippen LogP contribution in [-0.4, -0.2) is 8.42 Å². The molecule has 0 unspecified atom stereocenters. The summed E-state index contributed by atoms with van der Waals surface area (Å²) in [5.41, 5.74) is 0.513. The van der Waals surface area contributed by atoms with Gasteiger partial charge in [-0.2, -0.15) is 0 Å². The van der Waals surface area contributed by atoms with Crippen molar-refractivity contribution in [3.8, 4) is 0 Å². The van der Waals surface area contributed by atoms with Crippen LogP contribution in [0.5, 0.6) is 0 Å². The van der Waals surface area contributed by atoms with Gasteiger partial charge < -0.3 is 0 Å². The largest absolute Gasteiger partial charge is 0.243 e. The molecule has 2 aromatic carbocycles. The smallest absolute Gasteiger partial charge is 0.207 e. The van der Waals surface area contributed by atoms with E-state index in [1.165, 1.54) is 18.2 Å². The average Bonchev–Trinajstić information content (AvgIpc) is 2.41. The van der Waals surface area contributed by atoms with Crippen LogP contribution in [0.1, 0.15) is 5.56 Å². The molecule has 0 aromatic heterocycles. The summed E-state index contributed by atoms with van der Waals surface area (Å²) in [6.45, 7) is -0.0734. The zero-order valence-electron chi connectivity index (χ0n) is 10.1. The van der Waals surface area contributed by atoms with Crippen molar-refractivity contribution in [2.75, 3.05) is 0 Å². The van der Waals surface area contributed by atoms with E-state index in [1.54, 1.807) is 18.2 Å². The number of sulfonamides is 1. The number of nitrogens with one attached hydrogen (secondary N) is 1. The van der Waals surface area contributed by atoms with E-state index in [4.69, 9.17) is 23.2 Å². The Kier molecular flexibility index (Phi) is 4.65. The summed E-state index contributed by atoms with van der Waals surface area (Å²) in [6.07, 6.45) is 0. The summed E-state index contributed by atoms with van der Waals surface area (Å²) in [5, 5.41) is 0.597. The van der Waals surface area contributed by atoms with Crippen LogP contribution in [-0.2, 0) is 16.6 Å². The van der Waals surface area contributed by atoms with Gasteiger partial charge in [0.05, 0.1) is 10.0 Å². The molecule has 0 saturated heterocycles. The van der Waals surface area contributed by atoms with Crippen LogP contribution in [0, 0.1) is 5.82 Å². The van der Waals surface area contributed by atoms with E-state index in [-0.39, 0.29) is 11.6 Å². The van der Waals surface area contributed by atoms with Gasteiger partial charge in [-0.15, -0.1) is 0 Å². The molecule has 106 valence electrons. The predicted octanol–water partition coefficient (Wildman–Crippen LogP) is 3.61. The van der Waals surface area contributed by atoms with Crippen molar-refractivity contribution < 1.29 is 12.8 Å². The lowest BCUT2D eigenvalue weighted by Crippen LogP contribution is -2.24. The molecule has 0 spiro atoms. The lowest BCUT2D eigenvalue weighted by Gasteiger charge is -2.09. The van der Waals surface area contributed by atoms with Gasteiger partial charge in [0.2, 0.25) is 10.0 Å². The van der Waals surface area contributed by atoms with Gasteiger partial charge in [0.25, 0.3) is 0 Å². The predicted molar refractivity (Wildman–Crippen MR) is 76.9 cm³/mol. The number of hydrogen-bond donors (Lipinski definition) is 1. The highest BCUT2D eigenvalue weighted by molar-refractivity contribution is 7.89. The van der Waals surface area contributed by atoms with Crippen molar-refractivity contribution in [1.82, 2.24) is 4.72 Å². The van der Waals surface area contributed by atoms with Crippen LogP contribution in [0.3, 0.4) is 0 Å². The Balaban J connectivity index is 2.22. The molecule has 20 heavy (non-hydrogen) atoms. The van der Waals surface area contributed by atoms with E-state index in [0.717, 1.165) is 6.07 Å². The molecule has 0 aliphatic rings. The minimum absolute atomic E-state index is 0.0734. The summed E-state index contributed by atoms with van der Waals surface area (Å²) in [4.78, 5) is -0.404. The molecular formula is C13H10Cl2FNO2S. The third-order valence-corrected chi connectivity index (χ3v) is 4.90. The first-order valence-electron chi connectivity index (χ1n) is 5.59. The molecule has 0 aliphatic carbocycles. The summed E-state index contributed by atoms with van der Waals surface area (Å²) in [7, 11) is -3.95. The molecule has 0 bridgehead atoms. The molecule has 3 nitrogen and oxygen atoms in total. The van der Waals surface area contributed by atoms with Crippen molar-refractivity contribution >= 4 is 33.2 Å². The first-order chi connectivity index (χ1) is 9.42. The van der Waals surface area contributed by atoms with E-state index < -0.39 is 20.7 Å². The van der Waals surface area contributed by atoms with Gasteiger partial charge in [-0.1, -0.05) is 47.5 Å². The van der Waals surface area contributed by atoms with Crippen LogP contribution in [0.15, 0.2) is 47.4 Å². The third kappa shape index (κ3) is 3.30. The molecule has 2 rings (SSSR count). The second-order valence-corrected chi connectivity index (χ2v) is 6.49.